The Kier molecular flexibility index (Phi) is 5.66. The average molecular weight is 408 g/mol. The molecule has 6 nitrogen and oxygen atoms in total. The molecule has 0 amide bonds. The minimum Gasteiger partial charge on any atom is -0.489 e. The van der Waals surface area contributed by atoms with E-state index in [0.717, 1.165) is 59.4 Å². The van der Waals surface area contributed by atoms with Gasteiger partial charge in [0.05, 0.1) is 5.69 Å². The molecular formula is C24H29N3O3. The highest BCUT2D eigenvalue weighted by atomic mass is 16.5. The largest absolute Gasteiger partial charge is 0.489 e. The number of nitrogens with zero attached hydrogens (tertiary/aromatic N) is 2. The van der Waals surface area contributed by atoms with Crippen LogP contribution in [0.15, 0.2) is 41.2 Å². The third-order valence-electron chi connectivity index (χ3n) is 6.16. The van der Waals surface area contributed by atoms with Crippen LogP contribution in [0, 0.1) is 19.8 Å². The summed E-state index contributed by atoms with van der Waals surface area (Å²) < 4.78 is 9.06. The number of Topliss-reactive ketones (excluding diaryl/α,β-unsaturated/α-hetero) is 1. The summed E-state index contributed by atoms with van der Waals surface area (Å²) in [6, 6.07) is 11.6. The number of rotatable bonds is 6. The lowest BCUT2D eigenvalue weighted by atomic mass is 9.83. The smallest absolute Gasteiger partial charge is 0.364 e. The molecule has 2 aromatic carbocycles. The molecule has 0 bridgehead atoms. The number of hydrogen-bond donors (Lipinski definition) is 1. The van der Waals surface area contributed by atoms with Crippen molar-refractivity contribution in [3.8, 4) is 11.4 Å². The van der Waals surface area contributed by atoms with Gasteiger partial charge in [-0.1, -0.05) is 31.4 Å². The minimum atomic E-state index is -0.108. The summed E-state index contributed by atoms with van der Waals surface area (Å²) in [6.45, 7) is 4.32. The lowest BCUT2D eigenvalue weighted by Crippen LogP contribution is -2.40. The van der Waals surface area contributed by atoms with Crippen LogP contribution in [0.5, 0.6) is 5.75 Å². The minimum absolute atomic E-state index is 0.108. The van der Waals surface area contributed by atoms with E-state index >= 15 is 0 Å². The fraction of sp³-hybridized carbons (Fsp3) is 0.417. The van der Waals surface area contributed by atoms with Crippen molar-refractivity contribution in [3.63, 3.8) is 0 Å². The van der Waals surface area contributed by atoms with E-state index in [1.54, 1.807) is 7.05 Å². The van der Waals surface area contributed by atoms with E-state index in [9.17, 15) is 9.59 Å². The Balaban J connectivity index is 1.52. The van der Waals surface area contributed by atoms with Crippen LogP contribution in [0.2, 0.25) is 0 Å². The van der Waals surface area contributed by atoms with Crippen LogP contribution in [0.25, 0.3) is 5.69 Å². The van der Waals surface area contributed by atoms with Gasteiger partial charge in [0.1, 0.15) is 12.4 Å². The van der Waals surface area contributed by atoms with Gasteiger partial charge < -0.3 is 4.74 Å². The van der Waals surface area contributed by atoms with E-state index in [1.807, 2.05) is 50.2 Å². The average Bonchev–Trinajstić information content (AvgIpc) is 2.77. The van der Waals surface area contributed by atoms with Crippen molar-refractivity contribution in [2.45, 2.75) is 52.6 Å². The number of ketones is 1. The first-order valence-corrected chi connectivity index (χ1v) is 10.7. The summed E-state index contributed by atoms with van der Waals surface area (Å²) in [4.78, 5) is 24.9. The Morgan fingerprint density at radius 1 is 1.10 bits per heavy atom. The summed E-state index contributed by atoms with van der Waals surface area (Å²) in [5.41, 5.74) is 4.42. The van der Waals surface area contributed by atoms with Gasteiger partial charge in [0, 0.05) is 24.1 Å². The first-order valence-electron chi connectivity index (χ1n) is 10.7. The van der Waals surface area contributed by atoms with Crippen LogP contribution < -0.4 is 10.4 Å². The van der Waals surface area contributed by atoms with E-state index in [4.69, 9.17) is 4.74 Å². The molecule has 0 saturated heterocycles. The molecule has 158 valence electrons. The lowest BCUT2D eigenvalue weighted by Gasteiger charge is -2.21. The molecule has 1 aliphatic carbocycles. The second-order valence-corrected chi connectivity index (χ2v) is 8.32. The van der Waals surface area contributed by atoms with Gasteiger partial charge in [-0.15, -0.1) is 0 Å². The Hall–Kier alpha value is -3.02. The Morgan fingerprint density at radius 2 is 1.87 bits per heavy atom. The second kappa shape index (κ2) is 8.38. The van der Waals surface area contributed by atoms with Crippen LogP contribution in [0.3, 0.4) is 0 Å². The van der Waals surface area contributed by atoms with E-state index in [-0.39, 0.29) is 17.4 Å². The van der Waals surface area contributed by atoms with Crippen molar-refractivity contribution >= 4 is 5.78 Å². The Bertz CT molecular complexity index is 1110. The molecule has 1 N–H and O–H groups in total. The zero-order valence-corrected chi connectivity index (χ0v) is 17.9. The standard InChI is InChI=1S/C24H29N3O3/c1-16-8-7-11-21(27-24(29)26(3)25-27)20(16)15-30-22-13-12-19(14-17(22)2)23(28)18-9-5-4-6-10-18/h7-8,11-14,18,25H,4-6,9-10,15H2,1-3H3. The van der Waals surface area contributed by atoms with Gasteiger partial charge in [0.25, 0.3) is 0 Å². The number of hydrogen-bond acceptors (Lipinski definition) is 3. The van der Waals surface area contributed by atoms with Crippen molar-refractivity contribution in [3.05, 3.63) is 69.1 Å². The fourth-order valence-corrected chi connectivity index (χ4v) is 4.30. The maximum absolute atomic E-state index is 12.8. The van der Waals surface area contributed by atoms with Crippen LogP contribution in [0.4, 0.5) is 0 Å². The number of benzene rings is 2. The van der Waals surface area contributed by atoms with Gasteiger partial charge in [0.2, 0.25) is 0 Å². The Morgan fingerprint density at radius 3 is 2.53 bits per heavy atom. The highest BCUT2D eigenvalue weighted by molar-refractivity contribution is 5.98. The lowest BCUT2D eigenvalue weighted by molar-refractivity contribution is 0.0889. The molecule has 0 aliphatic heterocycles. The molecule has 1 saturated carbocycles. The normalized spacial score (nSPS) is 14.8. The molecule has 3 aromatic rings. The summed E-state index contributed by atoms with van der Waals surface area (Å²) in [5, 5.41) is 2.96. The quantitative estimate of drug-likeness (QED) is 0.613. The molecule has 0 unspecified atom stereocenters. The molecule has 1 aromatic heterocycles. The summed E-state index contributed by atoms with van der Waals surface area (Å²) >= 11 is 0. The van der Waals surface area contributed by atoms with Crippen LogP contribution in [-0.2, 0) is 13.7 Å². The van der Waals surface area contributed by atoms with Crippen molar-refractivity contribution in [2.75, 3.05) is 0 Å². The second-order valence-electron chi connectivity index (χ2n) is 8.32. The van der Waals surface area contributed by atoms with E-state index < -0.39 is 0 Å². The number of aromatic amines is 1. The number of nitrogens with one attached hydrogen (secondary N) is 1. The van der Waals surface area contributed by atoms with Gasteiger partial charge in [-0.05, 0) is 62.1 Å². The van der Waals surface area contributed by atoms with Crippen molar-refractivity contribution < 1.29 is 9.53 Å². The molecule has 6 heteroatoms. The van der Waals surface area contributed by atoms with Gasteiger partial charge in [0.15, 0.2) is 5.78 Å². The van der Waals surface area contributed by atoms with Gasteiger partial charge >= 0.3 is 5.69 Å². The maximum Gasteiger partial charge on any atom is 0.364 e. The third kappa shape index (κ3) is 3.86. The summed E-state index contributed by atoms with van der Waals surface area (Å²) in [6.07, 6.45) is 5.56. The van der Waals surface area contributed by atoms with E-state index in [2.05, 4.69) is 5.21 Å². The zero-order valence-electron chi connectivity index (χ0n) is 17.9. The first-order chi connectivity index (χ1) is 14.5. The number of carbonyl (C=O) groups excluding carboxylic acids is 1. The monoisotopic (exact) mass is 407 g/mol. The van der Waals surface area contributed by atoms with Crippen LogP contribution in [0.1, 0.15) is 59.2 Å². The molecule has 0 spiro atoms. The summed E-state index contributed by atoms with van der Waals surface area (Å²) in [5.74, 6) is 1.18. The predicted octanol–water partition coefficient (Wildman–Crippen LogP) is 4.46. The van der Waals surface area contributed by atoms with Crippen molar-refractivity contribution in [1.29, 1.82) is 0 Å². The molecule has 0 radical (unpaired) electrons. The number of ether oxygens (including phenoxy) is 1. The van der Waals surface area contributed by atoms with Crippen molar-refractivity contribution in [2.24, 2.45) is 13.0 Å². The number of carbonyl (C=O) groups is 1. The van der Waals surface area contributed by atoms with Crippen molar-refractivity contribution in [1.82, 2.24) is 14.6 Å². The number of H-pyrrole nitrogens is 1. The van der Waals surface area contributed by atoms with Crippen LogP contribution in [-0.4, -0.2) is 20.4 Å². The topological polar surface area (TPSA) is 69.0 Å². The third-order valence-corrected chi connectivity index (χ3v) is 6.16. The molecule has 1 heterocycles. The van der Waals surface area contributed by atoms with E-state index in [0.29, 0.717) is 6.61 Å². The summed E-state index contributed by atoms with van der Waals surface area (Å²) in [7, 11) is 1.68. The highest BCUT2D eigenvalue weighted by Gasteiger charge is 2.23. The highest BCUT2D eigenvalue weighted by Crippen LogP contribution is 2.29. The maximum atomic E-state index is 12.8. The van der Waals surface area contributed by atoms with Gasteiger partial charge in [-0.3, -0.25) is 4.79 Å². The van der Waals surface area contributed by atoms with E-state index in [1.165, 1.54) is 15.8 Å². The van der Waals surface area contributed by atoms with Gasteiger partial charge in [-0.25, -0.2) is 14.7 Å². The first kappa shape index (κ1) is 20.3. The Labute approximate surface area is 176 Å². The SMILES string of the molecule is Cc1cc(C(=O)C2CCCCC2)ccc1OCc1c(C)cccc1-n1[nH]n(C)c1=O. The fourth-order valence-electron chi connectivity index (χ4n) is 4.30. The molecule has 0 atom stereocenters. The molecule has 1 aliphatic rings. The molecule has 30 heavy (non-hydrogen) atoms. The number of aromatic nitrogens is 3. The molecule has 4 rings (SSSR count). The molecular weight excluding hydrogens is 378 g/mol. The molecule has 1 fully saturated rings. The van der Waals surface area contributed by atoms with Gasteiger partial charge in [-0.2, -0.15) is 4.68 Å². The van der Waals surface area contributed by atoms with Crippen LogP contribution >= 0.6 is 0 Å². The number of aryl methyl sites for hydroxylation is 3. The zero-order chi connectivity index (χ0) is 21.3. The predicted molar refractivity (Wildman–Crippen MR) is 117 cm³/mol.